The third-order valence-electron chi connectivity index (χ3n) is 3.30. The zero-order chi connectivity index (χ0) is 8.81. The van der Waals surface area contributed by atoms with Crippen molar-refractivity contribution < 1.29 is 0 Å². The van der Waals surface area contributed by atoms with Gasteiger partial charge >= 0.3 is 0 Å². The minimum absolute atomic E-state index is 0.942. The maximum absolute atomic E-state index is 3.24. The molecule has 12 heavy (non-hydrogen) atoms. The van der Waals surface area contributed by atoms with Crippen molar-refractivity contribution >= 4 is 0 Å². The summed E-state index contributed by atoms with van der Waals surface area (Å²) in [6.07, 6.45) is 8.79. The molecular weight excluding hydrogens is 146 g/mol. The Kier molecular flexibility index (Phi) is 4.67. The molecule has 0 aromatic heterocycles. The van der Waals surface area contributed by atoms with E-state index >= 15 is 0 Å². The summed E-state index contributed by atoms with van der Waals surface area (Å²) in [5.74, 6) is 1.98. The average molecular weight is 169 g/mol. The van der Waals surface area contributed by atoms with Crippen molar-refractivity contribution in [3.8, 4) is 0 Å². The van der Waals surface area contributed by atoms with Gasteiger partial charge in [0.05, 0.1) is 0 Å². The van der Waals surface area contributed by atoms with Crippen LogP contribution in [0.5, 0.6) is 0 Å². The van der Waals surface area contributed by atoms with E-state index in [1.54, 1.807) is 0 Å². The normalized spacial score (nSPS) is 22.5. The predicted octanol–water partition coefficient (Wildman–Crippen LogP) is 2.81. The van der Waals surface area contributed by atoms with Gasteiger partial charge in [0.2, 0.25) is 0 Å². The van der Waals surface area contributed by atoms with Gasteiger partial charge in [-0.25, -0.2) is 0 Å². The van der Waals surface area contributed by atoms with Crippen LogP contribution in [0.15, 0.2) is 0 Å². The van der Waals surface area contributed by atoms with Gasteiger partial charge < -0.3 is 5.32 Å². The van der Waals surface area contributed by atoms with E-state index in [2.05, 4.69) is 12.2 Å². The van der Waals surface area contributed by atoms with Crippen molar-refractivity contribution in [2.45, 2.75) is 45.4 Å². The minimum atomic E-state index is 0.942. The maximum Gasteiger partial charge on any atom is -0.00493 e. The topological polar surface area (TPSA) is 12.0 Å². The Bertz CT molecular complexity index is 106. The summed E-state index contributed by atoms with van der Waals surface area (Å²) in [6.45, 7) is 3.62. The van der Waals surface area contributed by atoms with Gasteiger partial charge in [0.1, 0.15) is 0 Å². The third-order valence-corrected chi connectivity index (χ3v) is 3.30. The molecule has 0 unspecified atom stereocenters. The van der Waals surface area contributed by atoms with Crippen molar-refractivity contribution in [2.24, 2.45) is 11.8 Å². The second-order valence-corrected chi connectivity index (χ2v) is 4.27. The van der Waals surface area contributed by atoms with Gasteiger partial charge in [-0.2, -0.15) is 0 Å². The van der Waals surface area contributed by atoms with Crippen molar-refractivity contribution in [1.29, 1.82) is 0 Å². The lowest BCUT2D eigenvalue weighted by Gasteiger charge is -2.27. The van der Waals surface area contributed by atoms with Crippen LogP contribution < -0.4 is 5.32 Å². The summed E-state index contributed by atoms with van der Waals surface area (Å²) >= 11 is 0. The van der Waals surface area contributed by atoms with Crippen molar-refractivity contribution in [3.05, 3.63) is 0 Å². The third kappa shape index (κ3) is 3.14. The molecule has 0 spiro atoms. The average Bonchev–Trinajstić information content (AvgIpc) is 2.15. The van der Waals surface area contributed by atoms with E-state index in [-0.39, 0.29) is 0 Å². The molecule has 0 heterocycles. The highest BCUT2D eigenvalue weighted by Crippen LogP contribution is 2.31. The Balaban J connectivity index is 2.15. The molecule has 0 aromatic carbocycles. The fourth-order valence-electron chi connectivity index (χ4n) is 2.31. The molecule has 72 valence electrons. The second-order valence-electron chi connectivity index (χ2n) is 4.27. The van der Waals surface area contributed by atoms with Gasteiger partial charge in [0.25, 0.3) is 0 Å². The highest BCUT2D eigenvalue weighted by molar-refractivity contribution is 4.71. The lowest BCUT2D eigenvalue weighted by atomic mass is 9.79. The predicted molar refractivity (Wildman–Crippen MR) is 54.3 cm³/mol. The van der Waals surface area contributed by atoms with Crippen LogP contribution in [0.1, 0.15) is 45.4 Å². The Labute approximate surface area is 76.9 Å². The molecule has 0 saturated heterocycles. The van der Waals surface area contributed by atoms with Crippen molar-refractivity contribution in [3.63, 3.8) is 0 Å². The molecule has 0 bridgehead atoms. The molecule has 1 saturated carbocycles. The summed E-state index contributed by atoms with van der Waals surface area (Å²) in [5.41, 5.74) is 0. The maximum atomic E-state index is 3.24. The van der Waals surface area contributed by atoms with Gasteiger partial charge in [-0.1, -0.05) is 39.0 Å². The van der Waals surface area contributed by atoms with Crippen molar-refractivity contribution in [1.82, 2.24) is 5.32 Å². The Morgan fingerprint density at radius 3 is 2.50 bits per heavy atom. The second kappa shape index (κ2) is 5.58. The largest absolute Gasteiger partial charge is 0.320 e. The smallest absolute Gasteiger partial charge is 0.00493 e. The van der Waals surface area contributed by atoms with E-state index in [9.17, 15) is 0 Å². The van der Waals surface area contributed by atoms with E-state index in [1.165, 1.54) is 45.1 Å². The molecule has 1 aliphatic carbocycles. The minimum Gasteiger partial charge on any atom is -0.320 e. The molecule has 0 radical (unpaired) electrons. The number of nitrogens with one attached hydrogen (secondary N) is 1. The van der Waals surface area contributed by atoms with E-state index in [1.807, 2.05) is 7.05 Å². The van der Waals surface area contributed by atoms with Crippen LogP contribution in [0.2, 0.25) is 0 Å². The first-order valence-electron chi connectivity index (χ1n) is 5.49. The SMILES string of the molecule is CNCC[C@H](C)C1CCCCC1. The van der Waals surface area contributed by atoms with Crippen LogP contribution in [0.4, 0.5) is 0 Å². The highest BCUT2D eigenvalue weighted by Gasteiger charge is 2.18. The van der Waals surface area contributed by atoms with Crippen LogP contribution in [-0.2, 0) is 0 Å². The van der Waals surface area contributed by atoms with Crippen LogP contribution in [0, 0.1) is 11.8 Å². The molecule has 1 N–H and O–H groups in total. The fourth-order valence-corrected chi connectivity index (χ4v) is 2.31. The Morgan fingerprint density at radius 2 is 1.92 bits per heavy atom. The molecule has 1 atom stereocenters. The summed E-state index contributed by atoms with van der Waals surface area (Å²) in [7, 11) is 2.05. The first-order valence-corrected chi connectivity index (χ1v) is 5.49. The lowest BCUT2D eigenvalue weighted by Crippen LogP contribution is -2.19. The molecule has 0 aliphatic heterocycles. The fraction of sp³-hybridized carbons (Fsp3) is 1.00. The highest BCUT2D eigenvalue weighted by atomic mass is 14.8. The quantitative estimate of drug-likeness (QED) is 0.682. The van der Waals surface area contributed by atoms with Crippen LogP contribution in [0.3, 0.4) is 0 Å². The molecule has 1 fully saturated rings. The van der Waals surface area contributed by atoms with E-state index < -0.39 is 0 Å². The number of rotatable bonds is 4. The zero-order valence-corrected chi connectivity index (χ0v) is 8.60. The molecule has 1 heteroatoms. The van der Waals surface area contributed by atoms with E-state index in [0.717, 1.165) is 11.8 Å². The Hall–Kier alpha value is -0.0400. The number of hydrogen-bond donors (Lipinski definition) is 1. The summed E-state index contributed by atoms with van der Waals surface area (Å²) in [5, 5.41) is 3.24. The van der Waals surface area contributed by atoms with E-state index in [0.29, 0.717) is 0 Å². The molecule has 1 nitrogen and oxygen atoms in total. The molecular formula is C11H23N. The van der Waals surface area contributed by atoms with Gasteiger partial charge in [-0.15, -0.1) is 0 Å². The first kappa shape index (κ1) is 10.0. The molecule has 1 aliphatic rings. The van der Waals surface area contributed by atoms with Gasteiger partial charge in [-0.05, 0) is 31.8 Å². The van der Waals surface area contributed by atoms with Crippen LogP contribution in [-0.4, -0.2) is 13.6 Å². The summed E-state index contributed by atoms with van der Waals surface area (Å²) in [6, 6.07) is 0. The molecule has 1 rings (SSSR count). The van der Waals surface area contributed by atoms with Gasteiger partial charge in [-0.3, -0.25) is 0 Å². The summed E-state index contributed by atoms with van der Waals surface area (Å²) < 4.78 is 0. The lowest BCUT2D eigenvalue weighted by molar-refractivity contribution is 0.252. The zero-order valence-electron chi connectivity index (χ0n) is 8.60. The Morgan fingerprint density at radius 1 is 1.25 bits per heavy atom. The van der Waals surface area contributed by atoms with Gasteiger partial charge in [0.15, 0.2) is 0 Å². The van der Waals surface area contributed by atoms with Crippen LogP contribution in [0.25, 0.3) is 0 Å². The monoisotopic (exact) mass is 169 g/mol. The van der Waals surface area contributed by atoms with E-state index in [4.69, 9.17) is 0 Å². The first-order chi connectivity index (χ1) is 5.84. The molecule has 0 amide bonds. The molecule has 0 aromatic rings. The van der Waals surface area contributed by atoms with Crippen molar-refractivity contribution in [2.75, 3.05) is 13.6 Å². The van der Waals surface area contributed by atoms with Crippen LogP contribution >= 0.6 is 0 Å². The number of hydrogen-bond acceptors (Lipinski definition) is 1. The van der Waals surface area contributed by atoms with Gasteiger partial charge in [0, 0.05) is 0 Å². The standard InChI is InChI=1S/C11H23N/c1-10(8-9-12-2)11-6-4-3-5-7-11/h10-12H,3-9H2,1-2H3/t10-/m0/s1. The summed E-state index contributed by atoms with van der Waals surface area (Å²) in [4.78, 5) is 0.